The van der Waals surface area contributed by atoms with E-state index < -0.39 is 52.2 Å². The van der Waals surface area contributed by atoms with Crippen LogP contribution in [0.3, 0.4) is 0 Å². The fourth-order valence-electron chi connectivity index (χ4n) is 1.73. The van der Waals surface area contributed by atoms with Crippen molar-refractivity contribution in [3.05, 3.63) is 53.1 Å². The highest BCUT2D eigenvalue weighted by Gasteiger charge is 2.33. The molecule has 0 aliphatic carbocycles. The third-order valence-corrected chi connectivity index (χ3v) is 2.79. The second-order valence-corrected chi connectivity index (χ2v) is 4.37. The van der Waals surface area contributed by atoms with Crippen LogP contribution in [0.25, 0.3) is 0 Å². The van der Waals surface area contributed by atoms with Gasteiger partial charge < -0.3 is 10.1 Å². The Balaban J connectivity index is 2.53. The van der Waals surface area contributed by atoms with Gasteiger partial charge in [-0.25, -0.2) is 13.2 Å². The third kappa shape index (κ3) is 3.42. The summed E-state index contributed by atoms with van der Waals surface area (Å²) in [6, 6.07) is 1.31. The third-order valence-electron chi connectivity index (χ3n) is 2.79. The summed E-state index contributed by atoms with van der Waals surface area (Å²) in [4.78, 5) is 10.4. The Morgan fingerprint density at radius 3 is 2.00 bits per heavy atom. The van der Waals surface area contributed by atoms with E-state index in [9.17, 15) is 35.5 Å². The molecule has 0 unspecified atom stereocenters. The minimum absolute atomic E-state index is 0.0546. The van der Waals surface area contributed by atoms with E-state index in [4.69, 9.17) is 0 Å². The fourth-order valence-corrected chi connectivity index (χ4v) is 1.73. The largest absolute Gasteiger partial charge is 0.446 e. The van der Waals surface area contributed by atoms with E-state index in [1.165, 1.54) is 0 Å². The number of anilines is 1. The number of rotatable bonds is 4. The molecular formula is C14H6F7NO2. The Morgan fingerprint density at radius 1 is 0.917 bits per heavy atom. The van der Waals surface area contributed by atoms with E-state index in [2.05, 4.69) is 4.74 Å². The summed E-state index contributed by atoms with van der Waals surface area (Å²) in [5.74, 6) is -9.22. The van der Waals surface area contributed by atoms with Crippen LogP contribution in [-0.4, -0.2) is 6.41 Å². The van der Waals surface area contributed by atoms with E-state index in [1.54, 1.807) is 0 Å². The Labute approximate surface area is 129 Å². The molecule has 0 atom stereocenters. The highest BCUT2D eigenvalue weighted by molar-refractivity contribution is 5.75. The molecule has 0 fully saturated rings. The molecule has 3 nitrogen and oxygen atoms in total. The summed E-state index contributed by atoms with van der Waals surface area (Å²) < 4.78 is 96.3. The number of carbonyl (C=O) groups is 1. The van der Waals surface area contributed by atoms with Crippen molar-refractivity contribution in [2.24, 2.45) is 0 Å². The number of ether oxygens (including phenoxy) is 1. The SMILES string of the molecule is O=CNc1ccc(F)c(F)c1Oc1c(F)cc(C(F)(F)F)cc1F. The maximum Gasteiger partial charge on any atom is 0.416 e. The van der Waals surface area contributed by atoms with Crippen LogP contribution in [0.5, 0.6) is 11.5 Å². The average Bonchev–Trinajstić information content (AvgIpc) is 2.48. The number of carbonyl (C=O) groups excluding carboxylic acids is 1. The number of halogens is 7. The molecule has 2 aromatic carbocycles. The molecule has 0 saturated carbocycles. The molecule has 24 heavy (non-hydrogen) atoms. The summed E-state index contributed by atoms with van der Waals surface area (Å²) in [7, 11) is 0. The molecule has 1 amide bonds. The molecule has 0 radical (unpaired) electrons. The lowest BCUT2D eigenvalue weighted by molar-refractivity contribution is -0.138. The molecule has 0 bridgehead atoms. The Kier molecular flexibility index (Phi) is 4.67. The molecule has 0 aliphatic heterocycles. The first-order chi connectivity index (χ1) is 11.1. The maximum atomic E-state index is 13.7. The maximum absolute atomic E-state index is 13.7. The second kappa shape index (κ2) is 6.38. The molecule has 10 heteroatoms. The van der Waals surface area contributed by atoms with Gasteiger partial charge in [-0.3, -0.25) is 4.79 Å². The van der Waals surface area contributed by atoms with Crippen LogP contribution in [0.1, 0.15) is 5.56 Å². The van der Waals surface area contributed by atoms with E-state index in [0.29, 0.717) is 6.07 Å². The van der Waals surface area contributed by atoms with E-state index in [-0.39, 0.29) is 18.5 Å². The fraction of sp³-hybridized carbons (Fsp3) is 0.0714. The first kappa shape index (κ1) is 17.6. The zero-order chi connectivity index (χ0) is 18.1. The Bertz CT molecular complexity index is 766. The van der Waals surface area contributed by atoms with Crippen molar-refractivity contribution < 1.29 is 40.3 Å². The molecule has 2 aromatic rings. The van der Waals surface area contributed by atoms with Crippen LogP contribution in [-0.2, 0) is 11.0 Å². The Morgan fingerprint density at radius 2 is 1.50 bits per heavy atom. The van der Waals surface area contributed by atoms with E-state index in [1.807, 2.05) is 5.32 Å². The number of benzene rings is 2. The van der Waals surface area contributed by atoms with Gasteiger partial charge in [-0.05, 0) is 24.3 Å². The monoisotopic (exact) mass is 353 g/mol. The van der Waals surface area contributed by atoms with Crippen LogP contribution >= 0.6 is 0 Å². The summed E-state index contributed by atoms with van der Waals surface area (Å²) in [6.45, 7) is 0. The zero-order valence-electron chi connectivity index (χ0n) is 11.3. The van der Waals surface area contributed by atoms with Gasteiger partial charge in [-0.15, -0.1) is 0 Å². The van der Waals surface area contributed by atoms with Gasteiger partial charge in [0.2, 0.25) is 12.2 Å². The van der Waals surface area contributed by atoms with Gasteiger partial charge in [0.25, 0.3) is 0 Å². The molecule has 0 saturated heterocycles. The summed E-state index contributed by atoms with van der Waals surface area (Å²) in [5, 5.41) is 1.90. The quantitative estimate of drug-likeness (QED) is 0.643. The van der Waals surface area contributed by atoms with Crippen LogP contribution in [0.15, 0.2) is 24.3 Å². The number of alkyl halides is 3. The van der Waals surface area contributed by atoms with E-state index >= 15 is 0 Å². The molecule has 0 aliphatic rings. The molecule has 0 heterocycles. The van der Waals surface area contributed by atoms with Crippen molar-refractivity contribution in [3.8, 4) is 11.5 Å². The smallest absolute Gasteiger partial charge is 0.416 e. The minimum atomic E-state index is -5.02. The van der Waals surface area contributed by atoms with Gasteiger partial charge in [0.1, 0.15) is 0 Å². The Hall–Kier alpha value is -2.78. The first-order valence-electron chi connectivity index (χ1n) is 6.07. The highest BCUT2D eigenvalue weighted by Crippen LogP contribution is 2.38. The summed E-state index contributed by atoms with van der Waals surface area (Å²) in [6.07, 6.45) is -4.96. The van der Waals surface area contributed by atoms with Gasteiger partial charge in [0.05, 0.1) is 11.3 Å². The minimum Gasteiger partial charge on any atom is -0.446 e. The van der Waals surface area contributed by atoms with Gasteiger partial charge in [-0.2, -0.15) is 17.6 Å². The van der Waals surface area contributed by atoms with Crippen molar-refractivity contribution in [1.82, 2.24) is 0 Å². The van der Waals surface area contributed by atoms with Crippen LogP contribution in [0, 0.1) is 23.3 Å². The second-order valence-electron chi connectivity index (χ2n) is 4.37. The van der Waals surface area contributed by atoms with Crippen molar-refractivity contribution in [2.45, 2.75) is 6.18 Å². The molecule has 1 N–H and O–H groups in total. The predicted octanol–water partition coefficient (Wildman–Crippen LogP) is 4.62. The molecule has 2 rings (SSSR count). The number of amides is 1. The molecular weight excluding hydrogens is 347 g/mol. The van der Waals surface area contributed by atoms with Gasteiger partial charge in [0, 0.05) is 0 Å². The van der Waals surface area contributed by atoms with Gasteiger partial charge >= 0.3 is 6.18 Å². The number of hydrogen-bond donors (Lipinski definition) is 1. The zero-order valence-corrected chi connectivity index (χ0v) is 11.3. The first-order valence-corrected chi connectivity index (χ1v) is 6.07. The summed E-state index contributed by atoms with van der Waals surface area (Å²) >= 11 is 0. The lowest BCUT2D eigenvalue weighted by Gasteiger charge is -2.14. The van der Waals surface area contributed by atoms with Crippen molar-refractivity contribution in [2.75, 3.05) is 5.32 Å². The van der Waals surface area contributed by atoms with Crippen molar-refractivity contribution in [1.29, 1.82) is 0 Å². The predicted molar refractivity (Wildman–Crippen MR) is 67.5 cm³/mol. The van der Waals surface area contributed by atoms with Gasteiger partial charge in [-0.1, -0.05) is 0 Å². The molecule has 0 spiro atoms. The topological polar surface area (TPSA) is 38.3 Å². The number of nitrogens with one attached hydrogen (secondary N) is 1. The molecule has 128 valence electrons. The standard InChI is InChI=1S/C14H6F7NO2/c15-7-1-2-10(22-5-23)13(11(7)18)24-12-8(16)3-6(4-9(12)17)14(19,20)21/h1-5H,(H,22,23). The normalized spacial score (nSPS) is 11.3. The van der Waals surface area contributed by atoms with Crippen LogP contribution in [0.2, 0.25) is 0 Å². The summed E-state index contributed by atoms with van der Waals surface area (Å²) in [5.41, 5.74) is -2.11. The highest BCUT2D eigenvalue weighted by atomic mass is 19.4. The van der Waals surface area contributed by atoms with Crippen molar-refractivity contribution in [3.63, 3.8) is 0 Å². The van der Waals surface area contributed by atoms with Crippen LogP contribution in [0.4, 0.5) is 36.4 Å². The lowest BCUT2D eigenvalue weighted by Crippen LogP contribution is -2.08. The lowest BCUT2D eigenvalue weighted by atomic mass is 10.2. The number of hydrogen-bond acceptors (Lipinski definition) is 2. The van der Waals surface area contributed by atoms with E-state index in [0.717, 1.165) is 6.07 Å². The van der Waals surface area contributed by atoms with Crippen LogP contribution < -0.4 is 10.1 Å². The average molecular weight is 353 g/mol. The van der Waals surface area contributed by atoms with Gasteiger partial charge in [0.15, 0.2) is 29.0 Å². The van der Waals surface area contributed by atoms with Crippen molar-refractivity contribution >= 4 is 12.1 Å². The molecule has 0 aromatic heterocycles.